The third-order valence-electron chi connectivity index (χ3n) is 3.93. The summed E-state index contributed by atoms with van der Waals surface area (Å²) in [5, 5.41) is 0. The van der Waals surface area contributed by atoms with Crippen LogP contribution < -0.4 is 4.74 Å². The summed E-state index contributed by atoms with van der Waals surface area (Å²) in [5.74, 6) is 0.910. The van der Waals surface area contributed by atoms with E-state index in [4.69, 9.17) is 4.74 Å². The van der Waals surface area contributed by atoms with E-state index in [-0.39, 0.29) is 0 Å². The lowest BCUT2D eigenvalue weighted by molar-refractivity contribution is 0.331. The number of benzene rings is 2. The highest BCUT2D eigenvalue weighted by Gasteiger charge is 2.11. The fourth-order valence-electron chi connectivity index (χ4n) is 2.85. The fraction of sp³-hybridized carbons (Fsp3) is 0.333. The first-order chi connectivity index (χ1) is 9.85. The van der Waals surface area contributed by atoms with Gasteiger partial charge in [0.15, 0.2) is 0 Å². The highest BCUT2D eigenvalue weighted by molar-refractivity contribution is 5.65. The SMILES string of the molecule is COc1cccc(-c2cccc(CN3CCCC3)c2)c1. The highest BCUT2D eigenvalue weighted by Crippen LogP contribution is 2.25. The molecule has 1 aliphatic heterocycles. The first kappa shape index (κ1) is 13.2. The van der Waals surface area contributed by atoms with Gasteiger partial charge in [-0.05, 0) is 60.8 Å². The molecule has 2 aromatic carbocycles. The predicted molar refractivity (Wildman–Crippen MR) is 82.9 cm³/mol. The Bertz CT molecular complexity index is 573. The number of methoxy groups -OCH3 is 1. The maximum absolute atomic E-state index is 5.31. The molecule has 0 saturated carbocycles. The molecule has 0 N–H and O–H groups in total. The van der Waals surface area contributed by atoms with E-state index in [1.54, 1.807) is 7.11 Å². The average molecular weight is 267 g/mol. The van der Waals surface area contributed by atoms with Gasteiger partial charge in [0.05, 0.1) is 7.11 Å². The van der Waals surface area contributed by atoms with Gasteiger partial charge >= 0.3 is 0 Å². The average Bonchev–Trinajstić information content (AvgIpc) is 3.00. The van der Waals surface area contributed by atoms with E-state index >= 15 is 0 Å². The van der Waals surface area contributed by atoms with Crippen LogP contribution in [0.4, 0.5) is 0 Å². The van der Waals surface area contributed by atoms with Crippen LogP contribution in [0.15, 0.2) is 48.5 Å². The molecule has 2 aromatic rings. The van der Waals surface area contributed by atoms with Crippen molar-refractivity contribution in [2.45, 2.75) is 19.4 Å². The van der Waals surface area contributed by atoms with E-state index in [1.807, 2.05) is 12.1 Å². The number of rotatable bonds is 4. The van der Waals surface area contributed by atoms with Gasteiger partial charge in [-0.15, -0.1) is 0 Å². The van der Waals surface area contributed by atoms with E-state index in [2.05, 4.69) is 41.3 Å². The summed E-state index contributed by atoms with van der Waals surface area (Å²) in [6, 6.07) is 17.1. The molecule has 1 saturated heterocycles. The number of ether oxygens (including phenoxy) is 1. The molecule has 0 radical (unpaired) electrons. The van der Waals surface area contributed by atoms with Crippen molar-refractivity contribution in [3.05, 3.63) is 54.1 Å². The number of hydrogen-bond acceptors (Lipinski definition) is 2. The Morgan fingerprint density at radius 3 is 2.40 bits per heavy atom. The Labute approximate surface area is 121 Å². The highest BCUT2D eigenvalue weighted by atomic mass is 16.5. The van der Waals surface area contributed by atoms with Crippen molar-refractivity contribution in [2.75, 3.05) is 20.2 Å². The van der Waals surface area contributed by atoms with Crippen molar-refractivity contribution >= 4 is 0 Å². The molecule has 0 unspecified atom stereocenters. The van der Waals surface area contributed by atoms with Crippen LogP contribution in [0.3, 0.4) is 0 Å². The molecule has 0 atom stereocenters. The summed E-state index contributed by atoms with van der Waals surface area (Å²) in [4.78, 5) is 2.53. The predicted octanol–water partition coefficient (Wildman–Crippen LogP) is 3.96. The molecular weight excluding hydrogens is 246 g/mol. The van der Waals surface area contributed by atoms with Gasteiger partial charge in [-0.25, -0.2) is 0 Å². The van der Waals surface area contributed by atoms with Crippen LogP contribution in [-0.4, -0.2) is 25.1 Å². The second-order valence-corrected chi connectivity index (χ2v) is 5.42. The van der Waals surface area contributed by atoms with Crippen LogP contribution in [0.2, 0.25) is 0 Å². The molecule has 2 nitrogen and oxygen atoms in total. The van der Waals surface area contributed by atoms with Gasteiger partial charge in [0.2, 0.25) is 0 Å². The topological polar surface area (TPSA) is 12.5 Å². The molecule has 2 heteroatoms. The van der Waals surface area contributed by atoms with E-state index < -0.39 is 0 Å². The van der Waals surface area contributed by atoms with Crippen molar-refractivity contribution in [2.24, 2.45) is 0 Å². The Balaban J connectivity index is 1.82. The second-order valence-electron chi connectivity index (χ2n) is 5.42. The van der Waals surface area contributed by atoms with E-state index in [0.29, 0.717) is 0 Å². The van der Waals surface area contributed by atoms with E-state index in [1.165, 1.54) is 42.6 Å². The van der Waals surface area contributed by atoms with Crippen LogP contribution in [-0.2, 0) is 6.54 Å². The van der Waals surface area contributed by atoms with Crippen LogP contribution in [0.5, 0.6) is 5.75 Å². The minimum absolute atomic E-state index is 0.910. The largest absolute Gasteiger partial charge is 0.497 e. The van der Waals surface area contributed by atoms with E-state index in [0.717, 1.165) is 12.3 Å². The van der Waals surface area contributed by atoms with Crippen LogP contribution in [0.1, 0.15) is 18.4 Å². The first-order valence-corrected chi connectivity index (χ1v) is 7.31. The molecule has 0 spiro atoms. The molecule has 0 aromatic heterocycles. The summed E-state index contributed by atoms with van der Waals surface area (Å²) in [7, 11) is 1.71. The van der Waals surface area contributed by atoms with Gasteiger partial charge in [-0.3, -0.25) is 4.90 Å². The summed E-state index contributed by atoms with van der Waals surface area (Å²) in [5.41, 5.74) is 3.88. The normalized spacial score (nSPS) is 15.4. The zero-order valence-corrected chi connectivity index (χ0v) is 12.0. The fourth-order valence-corrected chi connectivity index (χ4v) is 2.85. The molecule has 1 aliphatic rings. The molecule has 3 rings (SSSR count). The summed E-state index contributed by atoms with van der Waals surface area (Å²) in [6.07, 6.45) is 2.69. The molecular formula is C18H21NO. The minimum Gasteiger partial charge on any atom is -0.497 e. The minimum atomic E-state index is 0.910. The number of hydrogen-bond donors (Lipinski definition) is 0. The number of likely N-dealkylation sites (tertiary alicyclic amines) is 1. The van der Waals surface area contributed by atoms with Crippen LogP contribution in [0.25, 0.3) is 11.1 Å². The smallest absolute Gasteiger partial charge is 0.119 e. The van der Waals surface area contributed by atoms with Crippen molar-refractivity contribution < 1.29 is 4.74 Å². The standard InChI is InChI=1S/C18H21NO/c1-20-18-9-5-8-17(13-18)16-7-4-6-15(12-16)14-19-10-2-3-11-19/h4-9,12-13H,2-3,10-11,14H2,1H3. The third kappa shape index (κ3) is 3.02. The molecule has 0 bridgehead atoms. The molecule has 20 heavy (non-hydrogen) atoms. The van der Waals surface area contributed by atoms with Crippen molar-refractivity contribution in [1.29, 1.82) is 0 Å². The molecule has 0 amide bonds. The molecule has 104 valence electrons. The lowest BCUT2D eigenvalue weighted by atomic mass is 10.0. The maximum atomic E-state index is 5.31. The lowest BCUT2D eigenvalue weighted by Crippen LogP contribution is -2.18. The van der Waals surface area contributed by atoms with Gasteiger partial charge in [0, 0.05) is 6.54 Å². The van der Waals surface area contributed by atoms with Gasteiger partial charge in [0.25, 0.3) is 0 Å². The Morgan fingerprint density at radius 1 is 0.950 bits per heavy atom. The molecule has 0 aliphatic carbocycles. The van der Waals surface area contributed by atoms with Crippen molar-refractivity contribution in [3.8, 4) is 16.9 Å². The van der Waals surface area contributed by atoms with Crippen LogP contribution in [0, 0.1) is 0 Å². The zero-order valence-electron chi connectivity index (χ0n) is 12.0. The van der Waals surface area contributed by atoms with E-state index in [9.17, 15) is 0 Å². The summed E-state index contributed by atoms with van der Waals surface area (Å²) >= 11 is 0. The van der Waals surface area contributed by atoms with Gasteiger partial charge in [0.1, 0.15) is 5.75 Å². The first-order valence-electron chi connectivity index (χ1n) is 7.31. The summed E-state index contributed by atoms with van der Waals surface area (Å²) in [6.45, 7) is 3.55. The van der Waals surface area contributed by atoms with Gasteiger partial charge in [-0.2, -0.15) is 0 Å². The monoisotopic (exact) mass is 267 g/mol. The Kier molecular flexibility index (Phi) is 4.03. The third-order valence-corrected chi connectivity index (χ3v) is 3.93. The second kappa shape index (κ2) is 6.10. The molecule has 1 fully saturated rings. The van der Waals surface area contributed by atoms with Crippen molar-refractivity contribution in [3.63, 3.8) is 0 Å². The maximum Gasteiger partial charge on any atom is 0.119 e. The molecule has 1 heterocycles. The lowest BCUT2D eigenvalue weighted by Gasteiger charge is -2.15. The Hall–Kier alpha value is -1.80. The number of nitrogens with zero attached hydrogens (tertiary/aromatic N) is 1. The zero-order chi connectivity index (χ0) is 13.8. The van der Waals surface area contributed by atoms with Crippen LogP contribution >= 0.6 is 0 Å². The van der Waals surface area contributed by atoms with Gasteiger partial charge in [-0.1, -0.05) is 30.3 Å². The van der Waals surface area contributed by atoms with Crippen molar-refractivity contribution in [1.82, 2.24) is 4.90 Å². The quantitative estimate of drug-likeness (QED) is 0.831. The summed E-state index contributed by atoms with van der Waals surface area (Å²) < 4.78 is 5.31. The Morgan fingerprint density at radius 2 is 1.65 bits per heavy atom. The van der Waals surface area contributed by atoms with Gasteiger partial charge < -0.3 is 4.74 Å².